The van der Waals surface area contributed by atoms with Crippen LogP contribution in [0.2, 0.25) is 0 Å². The summed E-state index contributed by atoms with van der Waals surface area (Å²) in [5.41, 5.74) is 0. The fourth-order valence-corrected chi connectivity index (χ4v) is 4.93. The molecule has 0 spiro atoms. The van der Waals surface area contributed by atoms with E-state index in [9.17, 15) is 18.0 Å². The number of sulfonamides is 1. The number of rotatable bonds is 7. The summed E-state index contributed by atoms with van der Waals surface area (Å²) >= 11 is 3.26. The standard InChI is InChI=1S/C16H23BrN4O5S/c1-26-11-6-18-15(22)12-19-16(23)20-7-9-21(10-8-20)27(24,25)14-5-3-2-4-13(14)17/h2-5H,6-12H2,1H3,(H,18,22)(H,19,23). The predicted molar refractivity (Wildman–Crippen MR) is 103 cm³/mol. The number of carbonyl (C=O) groups excluding carboxylic acids is 2. The number of halogens is 1. The van der Waals surface area contributed by atoms with Crippen molar-refractivity contribution in [3.8, 4) is 0 Å². The van der Waals surface area contributed by atoms with E-state index in [4.69, 9.17) is 4.74 Å². The van der Waals surface area contributed by atoms with Crippen LogP contribution < -0.4 is 10.6 Å². The maximum absolute atomic E-state index is 12.7. The van der Waals surface area contributed by atoms with Gasteiger partial charge in [0, 0.05) is 44.3 Å². The lowest BCUT2D eigenvalue weighted by Gasteiger charge is -2.34. The van der Waals surface area contributed by atoms with E-state index in [2.05, 4.69) is 26.6 Å². The third-order valence-electron chi connectivity index (χ3n) is 4.01. The first-order chi connectivity index (χ1) is 12.9. The zero-order valence-corrected chi connectivity index (χ0v) is 17.4. The Hall–Kier alpha value is -1.69. The molecule has 0 atom stereocenters. The molecule has 0 aromatic heterocycles. The average molecular weight is 463 g/mol. The molecule has 2 rings (SSSR count). The minimum absolute atomic E-state index is 0.141. The Labute approximate surface area is 167 Å². The van der Waals surface area contributed by atoms with Gasteiger partial charge in [-0.25, -0.2) is 13.2 Å². The molecule has 0 radical (unpaired) electrons. The van der Waals surface area contributed by atoms with E-state index in [0.29, 0.717) is 17.6 Å². The fraction of sp³-hybridized carbons (Fsp3) is 0.500. The molecule has 0 unspecified atom stereocenters. The van der Waals surface area contributed by atoms with Crippen LogP contribution in [0.4, 0.5) is 4.79 Å². The minimum Gasteiger partial charge on any atom is -0.383 e. The molecule has 0 bridgehead atoms. The van der Waals surface area contributed by atoms with Gasteiger partial charge in [0.1, 0.15) is 0 Å². The lowest BCUT2D eigenvalue weighted by atomic mass is 10.4. The molecule has 1 aromatic carbocycles. The number of amides is 3. The first-order valence-corrected chi connectivity index (χ1v) is 10.6. The van der Waals surface area contributed by atoms with Gasteiger partial charge in [0.2, 0.25) is 15.9 Å². The predicted octanol–water partition coefficient (Wildman–Crippen LogP) is 0.228. The molecule has 0 saturated carbocycles. The van der Waals surface area contributed by atoms with Crippen LogP contribution in [0, 0.1) is 0 Å². The quantitative estimate of drug-likeness (QED) is 0.563. The summed E-state index contributed by atoms with van der Waals surface area (Å²) in [5.74, 6) is -0.310. The maximum Gasteiger partial charge on any atom is 0.317 e. The van der Waals surface area contributed by atoms with Gasteiger partial charge in [-0.1, -0.05) is 12.1 Å². The molecule has 1 aliphatic heterocycles. The number of benzene rings is 1. The smallest absolute Gasteiger partial charge is 0.317 e. The summed E-state index contributed by atoms with van der Waals surface area (Å²) in [6.45, 7) is 1.51. The van der Waals surface area contributed by atoms with Crippen LogP contribution in [0.25, 0.3) is 0 Å². The Kier molecular flexibility index (Phi) is 8.02. The van der Waals surface area contributed by atoms with Crippen molar-refractivity contribution in [3.05, 3.63) is 28.7 Å². The third kappa shape index (κ3) is 5.89. The average Bonchev–Trinajstić information content (AvgIpc) is 2.66. The highest BCUT2D eigenvalue weighted by atomic mass is 79.9. The second-order valence-corrected chi connectivity index (χ2v) is 8.58. The van der Waals surface area contributed by atoms with E-state index in [1.165, 1.54) is 16.3 Å². The van der Waals surface area contributed by atoms with Gasteiger partial charge in [-0.2, -0.15) is 4.31 Å². The topological polar surface area (TPSA) is 108 Å². The van der Waals surface area contributed by atoms with Crippen molar-refractivity contribution in [2.24, 2.45) is 0 Å². The second kappa shape index (κ2) is 10.0. The Morgan fingerprint density at radius 2 is 1.81 bits per heavy atom. The van der Waals surface area contributed by atoms with Crippen molar-refractivity contribution >= 4 is 37.9 Å². The van der Waals surface area contributed by atoms with Crippen molar-refractivity contribution in [2.75, 3.05) is 53.0 Å². The van der Waals surface area contributed by atoms with E-state index in [1.54, 1.807) is 24.3 Å². The maximum atomic E-state index is 12.7. The van der Waals surface area contributed by atoms with Gasteiger partial charge >= 0.3 is 6.03 Å². The monoisotopic (exact) mass is 462 g/mol. The van der Waals surface area contributed by atoms with Crippen molar-refractivity contribution in [1.29, 1.82) is 0 Å². The molecule has 1 aliphatic rings. The number of carbonyl (C=O) groups is 2. The largest absolute Gasteiger partial charge is 0.383 e. The highest BCUT2D eigenvalue weighted by Gasteiger charge is 2.31. The molecule has 11 heteroatoms. The number of ether oxygens (including phenoxy) is 1. The Morgan fingerprint density at radius 3 is 2.44 bits per heavy atom. The minimum atomic E-state index is -3.63. The molecule has 1 saturated heterocycles. The first kappa shape index (κ1) is 21.6. The molecule has 9 nitrogen and oxygen atoms in total. The molecule has 0 aliphatic carbocycles. The summed E-state index contributed by atoms with van der Waals surface area (Å²) < 4.78 is 32.2. The van der Waals surface area contributed by atoms with Gasteiger partial charge < -0.3 is 20.3 Å². The van der Waals surface area contributed by atoms with Crippen LogP contribution in [0.3, 0.4) is 0 Å². The summed E-state index contributed by atoms with van der Waals surface area (Å²) in [7, 11) is -2.10. The SMILES string of the molecule is COCCNC(=O)CNC(=O)N1CCN(S(=O)(=O)c2ccccc2Br)CC1. The van der Waals surface area contributed by atoms with E-state index in [-0.39, 0.29) is 43.5 Å². The summed E-state index contributed by atoms with van der Waals surface area (Å²) in [6, 6.07) is 6.24. The number of nitrogens with one attached hydrogen (secondary N) is 2. The first-order valence-electron chi connectivity index (χ1n) is 8.39. The van der Waals surface area contributed by atoms with Crippen molar-refractivity contribution in [2.45, 2.75) is 4.90 Å². The highest BCUT2D eigenvalue weighted by Crippen LogP contribution is 2.25. The van der Waals surface area contributed by atoms with E-state index < -0.39 is 16.1 Å². The van der Waals surface area contributed by atoms with E-state index >= 15 is 0 Å². The van der Waals surface area contributed by atoms with E-state index in [1.807, 2.05) is 0 Å². The van der Waals surface area contributed by atoms with Gasteiger partial charge in [-0.15, -0.1) is 0 Å². The van der Waals surface area contributed by atoms with Crippen LogP contribution >= 0.6 is 15.9 Å². The Bertz CT molecular complexity index is 766. The molecule has 2 N–H and O–H groups in total. The lowest BCUT2D eigenvalue weighted by Crippen LogP contribution is -2.54. The fourth-order valence-electron chi connectivity index (χ4n) is 2.55. The van der Waals surface area contributed by atoms with E-state index in [0.717, 1.165) is 0 Å². The van der Waals surface area contributed by atoms with Gasteiger partial charge in [0.25, 0.3) is 0 Å². The lowest BCUT2D eigenvalue weighted by molar-refractivity contribution is -0.120. The molecule has 1 heterocycles. The normalized spacial score (nSPS) is 15.4. The zero-order chi connectivity index (χ0) is 19.9. The molecule has 27 heavy (non-hydrogen) atoms. The van der Waals surface area contributed by atoms with Crippen molar-refractivity contribution in [3.63, 3.8) is 0 Å². The van der Waals surface area contributed by atoms with Crippen LogP contribution in [0.5, 0.6) is 0 Å². The number of urea groups is 1. The Morgan fingerprint density at radius 1 is 1.15 bits per heavy atom. The summed E-state index contributed by atoms with van der Waals surface area (Å²) in [5, 5.41) is 5.14. The Balaban J connectivity index is 1.83. The number of methoxy groups -OCH3 is 1. The van der Waals surface area contributed by atoms with Crippen LogP contribution in [0.1, 0.15) is 0 Å². The number of hydrogen-bond donors (Lipinski definition) is 2. The second-order valence-electron chi connectivity index (χ2n) is 5.82. The van der Waals surface area contributed by atoms with Crippen molar-refractivity contribution < 1.29 is 22.7 Å². The van der Waals surface area contributed by atoms with Gasteiger partial charge in [0.15, 0.2) is 0 Å². The number of hydrogen-bond acceptors (Lipinski definition) is 5. The number of piperazine rings is 1. The third-order valence-corrected chi connectivity index (χ3v) is 6.92. The molecule has 3 amide bonds. The molecule has 1 aromatic rings. The molecular weight excluding hydrogens is 440 g/mol. The van der Waals surface area contributed by atoms with Crippen LogP contribution in [-0.2, 0) is 19.6 Å². The van der Waals surface area contributed by atoms with Crippen molar-refractivity contribution in [1.82, 2.24) is 19.8 Å². The highest BCUT2D eigenvalue weighted by molar-refractivity contribution is 9.10. The van der Waals surface area contributed by atoms with Gasteiger partial charge in [-0.05, 0) is 28.1 Å². The number of nitrogens with zero attached hydrogens (tertiary/aromatic N) is 2. The molecule has 1 fully saturated rings. The van der Waals surface area contributed by atoms with Gasteiger partial charge in [0.05, 0.1) is 18.0 Å². The van der Waals surface area contributed by atoms with Gasteiger partial charge in [-0.3, -0.25) is 4.79 Å². The zero-order valence-electron chi connectivity index (χ0n) is 15.0. The van der Waals surface area contributed by atoms with Crippen LogP contribution in [0.15, 0.2) is 33.6 Å². The van der Waals surface area contributed by atoms with Crippen LogP contribution in [-0.4, -0.2) is 82.5 Å². The summed E-state index contributed by atoms with van der Waals surface area (Å²) in [4.78, 5) is 25.4. The molecule has 150 valence electrons. The summed E-state index contributed by atoms with van der Waals surface area (Å²) in [6.07, 6.45) is 0. The molecular formula is C16H23BrN4O5S.